The molecule has 19 heavy (non-hydrogen) atoms. The first-order valence-corrected chi connectivity index (χ1v) is 5.89. The van der Waals surface area contributed by atoms with Gasteiger partial charge in [-0.1, -0.05) is 6.07 Å². The predicted octanol–water partition coefficient (Wildman–Crippen LogP) is 2.11. The zero-order chi connectivity index (χ0) is 14.5. The summed E-state index contributed by atoms with van der Waals surface area (Å²) in [6.07, 6.45) is 0.0425. The molecule has 0 saturated heterocycles. The molecule has 104 valence electrons. The van der Waals surface area contributed by atoms with Crippen LogP contribution in [-0.2, 0) is 9.47 Å². The standard InChI is InChI=1S/C13H18N2O4/c1-9(15-12(17)19-13(2,3)4)18-11(16)10-7-5-6-8-14-10/h5-9H,1-4H3,(H,15,17). The van der Waals surface area contributed by atoms with Crippen molar-refractivity contribution in [3.8, 4) is 0 Å². The van der Waals surface area contributed by atoms with Gasteiger partial charge in [0.25, 0.3) is 0 Å². The zero-order valence-corrected chi connectivity index (χ0v) is 11.5. The van der Waals surface area contributed by atoms with Gasteiger partial charge in [-0.25, -0.2) is 14.6 Å². The quantitative estimate of drug-likeness (QED) is 0.669. The number of amides is 1. The molecule has 1 heterocycles. The van der Waals surface area contributed by atoms with Crippen LogP contribution in [0.1, 0.15) is 38.2 Å². The molecule has 0 radical (unpaired) electrons. The molecule has 0 aliphatic heterocycles. The number of carbonyl (C=O) groups is 2. The number of nitrogens with one attached hydrogen (secondary N) is 1. The third-order valence-electron chi connectivity index (χ3n) is 1.88. The van der Waals surface area contributed by atoms with Gasteiger partial charge in [-0.05, 0) is 39.8 Å². The molecule has 0 aliphatic carbocycles. The van der Waals surface area contributed by atoms with Crippen LogP contribution in [0.2, 0.25) is 0 Å². The van der Waals surface area contributed by atoms with Crippen molar-refractivity contribution in [3.63, 3.8) is 0 Å². The van der Waals surface area contributed by atoms with Crippen molar-refractivity contribution in [2.75, 3.05) is 0 Å². The van der Waals surface area contributed by atoms with Gasteiger partial charge in [0.15, 0.2) is 6.23 Å². The first-order valence-electron chi connectivity index (χ1n) is 5.89. The fourth-order valence-corrected chi connectivity index (χ4v) is 1.21. The lowest BCUT2D eigenvalue weighted by atomic mass is 10.2. The summed E-state index contributed by atoms with van der Waals surface area (Å²) >= 11 is 0. The Bertz CT molecular complexity index is 440. The van der Waals surface area contributed by atoms with E-state index in [-0.39, 0.29) is 5.69 Å². The molecule has 6 heteroatoms. The summed E-state index contributed by atoms with van der Waals surface area (Å²) in [6.45, 7) is 6.77. The topological polar surface area (TPSA) is 77.5 Å². The van der Waals surface area contributed by atoms with Crippen LogP contribution in [0.4, 0.5) is 4.79 Å². The van der Waals surface area contributed by atoms with Gasteiger partial charge < -0.3 is 9.47 Å². The number of rotatable bonds is 3. The summed E-state index contributed by atoms with van der Waals surface area (Å²) in [6, 6.07) is 4.90. The number of nitrogens with zero attached hydrogens (tertiary/aromatic N) is 1. The van der Waals surface area contributed by atoms with Crippen molar-refractivity contribution in [1.29, 1.82) is 0 Å². The molecule has 1 unspecified atom stereocenters. The summed E-state index contributed by atoms with van der Waals surface area (Å²) < 4.78 is 10.0. The lowest BCUT2D eigenvalue weighted by molar-refractivity contribution is 0.0144. The predicted molar refractivity (Wildman–Crippen MR) is 68.5 cm³/mol. The molecule has 0 spiro atoms. The number of hydrogen-bond donors (Lipinski definition) is 1. The van der Waals surface area contributed by atoms with Crippen molar-refractivity contribution < 1.29 is 19.1 Å². The van der Waals surface area contributed by atoms with Gasteiger partial charge in [0.2, 0.25) is 0 Å². The molecule has 0 fully saturated rings. The van der Waals surface area contributed by atoms with Crippen LogP contribution >= 0.6 is 0 Å². The number of carbonyl (C=O) groups excluding carboxylic acids is 2. The van der Waals surface area contributed by atoms with E-state index in [9.17, 15) is 9.59 Å². The maximum absolute atomic E-state index is 11.6. The lowest BCUT2D eigenvalue weighted by Crippen LogP contribution is -2.40. The van der Waals surface area contributed by atoms with Crippen LogP contribution in [0.5, 0.6) is 0 Å². The largest absolute Gasteiger partial charge is 0.444 e. The number of alkyl carbamates (subject to hydrolysis) is 1. The van der Waals surface area contributed by atoms with Crippen molar-refractivity contribution >= 4 is 12.1 Å². The molecule has 0 bridgehead atoms. The Kier molecular flexibility index (Phi) is 4.86. The summed E-state index contributed by atoms with van der Waals surface area (Å²) in [5.41, 5.74) is -0.422. The molecular weight excluding hydrogens is 248 g/mol. The van der Waals surface area contributed by atoms with Crippen LogP contribution in [0.15, 0.2) is 24.4 Å². The molecule has 0 saturated carbocycles. The van der Waals surface area contributed by atoms with Gasteiger partial charge in [-0.3, -0.25) is 5.32 Å². The first-order chi connectivity index (χ1) is 8.78. The van der Waals surface area contributed by atoms with E-state index in [1.807, 2.05) is 0 Å². The number of esters is 1. The third kappa shape index (κ3) is 5.85. The average Bonchev–Trinajstić information content (AvgIpc) is 2.27. The Hall–Kier alpha value is -2.11. The van der Waals surface area contributed by atoms with Crippen LogP contribution in [0, 0.1) is 0 Å². The monoisotopic (exact) mass is 266 g/mol. The highest BCUT2D eigenvalue weighted by molar-refractivity contribution is 5.87. The molecule has 0 aliphatic rings. The van der Waals surface area contributed by atoms with E-state index in [0.717, 1.165) is 0 Å². The minimum Gasteiger partial charge on any atom is -0.444 e. The Morgan fingerprint density at radius 2 is 2.00 bits per heavy atom. The van der Waals surface area contributed by atoms with Crippen LogP contribution < -0.4 is 5.32 Å². The van der Waals surface area contributed by atoms with E-state index < -0.39 is 23.9 Å². The summed E-state index contributed by atoms with van der Waals surface area (Å²) in [5.74, 6) is -0.607. The van der Waals surface area contributed by atoms with Crippen molar-refractivity contribution in [2.45, 2.75) is 39.5 Å². The Morgan fingerprint density at radius 1 is 1.32 bits per heavy atom. The Morgan fingerprint density at radius 3 is 2.53 bits per heavy atom. The minimum absolute atomic E-state index is 0.181. The van der Waals surface area contributed by atoms with E-state index in [1.54, 1.807) is 32.9 Å². The number of hydrogen-bond acceptors (Lipinski definition) is 5. The number of aromatic nitrogens is 1. The zero-order valence-electron chi connectivity index (χ0n) is 11.5. The smallest absolute Gasteiger partial charge is 0.410 e. The highest BCUT2D eigenvalue weighted by Gasteiger charge is 2.19. The van der Waals surface area contributed by atoms with E-state index in [0.29, 0.717) is 0 Å². The van der Waals surface area contributed by atoms with Crippen molar-refractivity contribution in [1.82, 2.24) is 10.3 Å². The molecule has 0 aromatic carbocycles. The highest BCUT2D eigenvalue weighted by atomic mass is 16.6. The van der Waals surface area contributed by atoms with Gasteiger partial charge in [0, 0.05) is 6.20 Å². The second kappa shape index (κ2) is 6.17. The van der Waals surface area contributed by atoms with Crippen LogP contribution in [0.3, 0.4) is 0 Å². The van der Waals surface area contributed by atoms with E-state index in [1.165, 1.54) is 19.2 Å². The third-order valence-corrected chi connectivity index (χ3v) is 1.88. The summed E-state index contributed by atoms with van der Waals surface area (Å²) in [4.78, 5) is 26.9. The highest BCUT2D eigenvalue weighted by Crippen LogP contribution is 2.07. The second-order valence-electron chi connectivity index (χ2n) is 4.91. The summed E-state index contributed by atoms with van der Waals surface area (Å²) in [7, 11) is 0. The van der Waals surface area contributed by atoms with Gasteiger partial charge in [-0.15, -0.1) is 0 Å². The van der Waals surface area contributed by atoms with Gasteiger partial charge >= 0.3 is 12.1 Å². The molecule has 6 nitrogen and oxygen atoms in total. The maximum Gasteiger partial charge on any atom is 0.410 e. The normalized spacial score (nSPS) is 12.4. The van der Waals surface area contributed by atoms with Crippen molar-refractivity contribution in [2.24, 2.45) is 0 Å². The molecule has 1 rings (SSSR count). The number of ether oxygens (including phenoxy) is 2. The second-order valence-corrected chi connectivity index (χ2v) is 4.91. The van der Waals surface area contributed by atoms with Gasteiger partial charge in [0.1, 0.15) is 11.3 Å². The molecule has 1 aromatic heterocycles. The van der Waals surface area contributed by atoms with Crippen LogP contribution in [0.25, 0.3) is 0 Å². The average molecular weight is 266 g/mol. The fraction of sp³-hybridized carbons (Fsp3) is 0.462. The molecule has 1 aromatic rings. The minimum atomic E-state index is -0.802. The van der Waals surface area contributed by atoms with E-state index in [2.05, 4.69) is 10.3 Å². The summed E-state index contributed by atoms with van der Waals surface area (Å²) in [5, 5.41) is 2.41. The number of pyridine rings is 1. The molecule has 1 amide bonds. The molecule has 1 atom stereocenters. The van der Waals surface area contributed by atoms with Gasteiger partial charge in [0.05, 0.1) is 0 Å². The SMILES string of the molecule is CC(NC(=O)OC(C)(C)C)OC(=O)c1ccccn1. The molecule has 1 N–H and O–H groups in total. The molecular formula is C13H18N2O4. The Labute approximate surface area is 112 Å². The van der Waals surface area contributed by atoms with Crippen LogP contribution in [-0.4, -0.2) is 28.9 Å². The van der Waals surface area contributed by atoms with Gasteiger partial charge in [-0.2, -0.15) is 0 Å². The first kappa shape index (κ1) is 14.9. The lowest BCUT2D eigenvalue weighted by Gasteiger charge is -2.21. The maximum atomic E-state index is 11.6. The fourth-order valence-electron chi connectivity index (χ4n) is 1.21. The van der Waals surface area contributed by atoms with E-state index in [4.69, 9.17) is 9.47 Å². The van der Waals surface area contributed by atoms with E-state index >= 15 is 0 Å². The Balaban J connectivity index is 2.45. The van der Waals surface area contributed by atoms with Crippen molar-refractivity contribution in [3.05, 3.63) is 30.1 Å².